The minimum Gasteiger partial charge on any atom is -0.370 e. The normalized spacial score (nSPS) is 12.5. The van der Waals surface area contributed by atoms with E-state index in [1.807, 2.05) is 12.3 Å². The maximum absolute atomic E-state index is 11.5. The van der Waals surface area contributed by atoms with Crippen LogP contribution in [0.4, 0.5) is 0 Å². The summed E-state index contributed by atoms with van der Waals surface area (Å²) in [5, 5.41) is 6.87. The third-order valence-corrected chi connectivity index (χ3v) is 3.12. The lowest BCUT2D eigenvalue weighted by atomic mass is 10.2. The highest BCUT2D eigenvalue weighted by Crippen LogP contribution is 2.12. The minimum absolute atomic E-state index is 0.161. The number of hydrogen-bond acceptors (Lipinski definition) is 4. The molecule has 0 fully saturated rings. The van der Waals surface area contributed by atoms with Crippen molar-refractivity contribution in [1.82, 2.24) is 5.32 Å². The number of nitrogens with one attached hydrogen (secondary N) is 1. The van der Waals surface area contributed by atoms with Crippen molar-refractivity contribution in [2.75, 3.05) is 13.7 Å². The lowest BCUT2D eigenvalue weighted by Gasteiger charge is -2.12. The molecule has 3 N–H and O–H groups in total. The van der Waals surface area contributed by atoms with Gasteiger partial charge >= 0.3 is 0 Å². The molecule has 1 aromatic heterocycles. The first-order valence-electron chi connectivity index (χ1n) is 4.71. The molecular weight excluding hydrogens is 212 g/mol. The fourth-order valence-electron chi connectivity index (χ4n) is 1.17. The number of aryl methyl sites for hydroxylation is 1. The van der Waals surface area contributed by atoms with Crippen LogP contribution in [0.2, 0.25) is 0 Å². The molecule has 0 radical (unpaired) electrons. The zero-order valence-electron chi connectivity index (χ0n) is 8.95. The molecule has 0 saturated carbocycles. The number of ether oxygens (including phenoxy) is 1. The fraction of sp³-hybridized carbons (Fsp3) is 0.500. The van der Waals surface area contributed by atoms with E-state index in [0.29, 0.717) is 6.54 Å². The van der Waals surface area contributed by atoms with E-state index >= 15 is 0 Å². The number of amides is 1. The van der Waals surface area contributed by atoms with Crippen molar-refractivity contribution >= 4 is 17.2 Å². The van der Waals surface area contributed by atoms with Crippen LogP contribution in [-0.2, 0) is 16.1 Å². The van der Waals surface area contributed by atoms with Gasteiger partial charge in [0.2, 0.25) is 0 Å². The lowest BCUT2D eigenvalue weighted by molar-refractivity contribution is -0.130. The molecule has 0 aliphatic heterocycles. The Kier molecular flexibility index (Phi) is 4.74. The predicted molar refractivity (Wildman–Crippen MR) is 60.8 cm³/mol. The molecule has 1 aromatic rings. The van der Waals surface area contributed by atoms with Gasteiger partial charge < -0.3 is 15.8 Å². The van der Waals surface area contributed by atoms with Gasteiger partial charge in [-0.2, -0.15) is 11.3 Å². The first kappa shape index (κ1) is 12.2. The summed E-state index contributed by atoms with van der Waals surface area (Å²) in [6, 6.07) is 0. The highest BCUT2D eigenvalue weighted by Gasteiger charge is 2.15. The van der Waals surface area contributed by atoms with Crippen molar-refractivity contribution < 1.29 is 9.53 Å². The van der Waals surface area contributed by atoms with E-state index in [-0.39, 0.29) is 12.5 Å². The second kappa shape index (κ2) is 5.85. The molecule has 1 rings (SSSR count). The quantitative estimate of drug-likeness (QED) is 0.777. The van der Waals surface area contributed by atoms with Crippen molar-refractivity contribution in [2.45, 2.75) is 19.6 Å². The summed E-state index contributed by atoms with van der Waals surface area (Å²) in [7, 11) is 1.48. The van der Waals surface area contributed by atoms with Crippen molar-refractivity contribution in [2.24, 2.45) is 5.73 Å². The van der Waals surface area contributed by atoms with Crippen LogP contribution in [0.5, 0.6) is 0 Å². The van der Waals surface area contributed by atoms with Gasteiger partial charge in [0.1, 0.15) is 6.10 Å². The summed E-state index contributed by atoms with van der Waals surface area (Å²) < 4.78 is 4.93. The van der Waals surface area contributed by atoms with Gasteiger partial charge in [0, 0.05) is 20.2 Å². The number of rotatable bonds is 5. The Bertz CT molecular complexity index is 321. The molecule has 0 aliphatic rings. The Morgan fingerprint density at radius 2 is 2.40 bits per heavy atom. The van der Waals surface area contributed by atoms with Gasteiger partial charge in [0.25, 0.3) is 5.91 Å². The van der Waals surface area contributed by atoms with Gasteiger partial charge in [-0.15, -0.1) is 0 Å². The van der Waals surface area contributed by atoms with Crippen molar-refractivity contribution in [3.8, 4) is 0 Å². The average molecular weight is 228 g/mol. The zero-order valence-corrected chi connectivity index (χ0v) is 9.76. The molecule has 0 spiro atoms. The van der Waals surface area contributed by atoms with Crippen molar-refractivity contribution in [3.05, 3.63) is 21.9 Å². The van der Waals surface area contributed by atoms with Crippen molar-refractivity contribution in [1.29, 1.82) is 0 Å². The Hall–Kier alpha value is -0.910. The standard InChI is InChI=1S/C10H16N2O2S/c1-7-5-15-6-8(7)4-12-10(13)9(3-11)14-2/h5-6,9H,3-4,11H2,1-2H3,(H,12,13). The number of hydrogen-bond donors (Lipinski definition) is 2. The van der Waals surface area contributed by atoms with Crippen LogP contribution >= 0.6 is 11.3 Å². The van der Waals surface area contributed by atoms with Gasteiger partial charge in [0.15, 0.2) is 0 Å². The van der Waals surface area contributed by atoms with Crippen molar-refractivity contribution in [3.63, 3.8) is 0 Å². The van der Waals surface area contributed by atoms with E-state index in [2.05, 4.69) is 10.7 Å². The van der Waals surface area contributed by atoms with Crippen LogP contribution in [0.25, 0.3) is 0 Å². The van der Waals surface area contributed by atoms with Crippen LogP contribution in [0.15, 0.2) is 10.8 Å². The van der Waals surface area contributed by atoms with E-state index in [9.17, 15) is 4.79 Å². The smallest absolute Gasteiger partial charge is 0.250 e. The topological polar surface area (TPSA) is 64.3 Å². The average Bonchev–Trinajstić information content (AvgIpc) is 2.63. The van der Waals surface area contributed by atoms with Crippen LogP contribution in [0.3, 0.4) is 0 Å². The van der Waals surface area contributed by atoms with Crippen LogP contribution in [0.1, 0.15) is 11.1 Å². The third kappa shape index (κ3) is 3.30. The molecule has 1 atom stereocenters. The van der Waals surface area contributed by atoms with Gasteiger partial charge in [0.05, 0.1) is 0 Å². The number of thiophene rings is 1. The SMILES string of the molecule is COC(CN)C(=O)NCc1cscc1C. The molecule has 0 saturated heterocycles. The number of carbonyl (C=O) groups excluding carboxylic acids is 1. The Balaban J connectivity index is 2.43. The Morgan fingerprint density at radius 3 is 2.87 bits per heavy atom. The lowest BCUT2D eigenvalue weighted by Crippen LogP contribution is -2.40. The maximum Gasteiger partial charge on any atom is 0.250 e. The summed E-state index contributed by atoms with van der Waals surface area (Å²) in [6.45, 7) is 2.76. The van der Waals surface area contributed by atoms with E-state index < -0.39 is 6.10 Å². The molecule has 1 unspecified atom stereocenters. The molecule has 0 bridgehead atoms. The fourth-order valence-corrected chi connectivity index (χ4v) is 2.03. The summed E-state index contributed by atoms with van der Waals surface area (Å²) in [4.78, 5) is 11.5. The van der Waals surface area contributed by atoms with Crippen LogP contribution in [0, 0.1) is 6.92 Å². The minimum atomic E-state index is -0.552. The summed E-state index contributed by atoms with van der Waals surface area (Å²) in [6.07, 6.45) is -0.552. The molecule has 0 aliphatic carbocycles. The molecule has 4 nitrogen and oxygen atoms in total. The molecule has 1 amide bonds. The Labute approximate surface area is 93.4 Å². The molecular formula is C10H16N2O2S. The van der Waals surface area contributed by atoms with Gasteiger partial charge in [-0.1, -0.05) is 0 Å². The second-order valence-electron chi connectivity index (χ2n) is 3.26. The number of nitrogens with two attached hydrogens (primary N) is 1. The van der Waals surface area contributed by atoms with E-state index in [1.165, 1.54) is 12.7 Å². The zero-order chi connectivity index (χ0) is 11.3. The van der Waals surface area contributed by atoms with Crippen LogP contribution in [-0.4, -0.2) is 25.7 Å². The molecule has 1 heterocycles. The largest absolute Gasteiger partial charge is 0.370 e. The van der Waals surface area contributed by atoms with Gasteiger partial charge in [-0.25, -0.2) is 0 Å². The maximum atomic E-state index is 11.5. The summed E-state index contributed by atoms with van der Waals surface area (Å²) in [5.41, 5.74) is 7.71. The molecule has 15 heavy (non-hydrogen) atoms. The third-order valence-electron chi connectivity index (χ3n) is 2.21. The highest BCUT2D eigenvalue weighted by molar-refractivity contribution is 7.08. The monoisotopic (exact) mass is 228 g/mol. The highest BCUT2D eigenvalue weighted by atomic mass is 32.1. The van der Waals surface area contributed by atoms with Gasteiger partial charge in [-0.05, 0) is 28.8 Å². The van der Waals surface area contributed by atoms with Crippen LogP contribution < -0.4 is 11.1 Å². The first-order chi connectivity index (χ1) is 7.19. The molecule has 0 aromatic carbocycles. The van der Waals surface area contributed by atoms with E-state index in [0.717, 1.165) is 5.56 Å². The van der Waals surface area contributed by atoms with E-state index in [4.69, 9.17) is 10.5 Å². The summed E-state index contributed by atoms with van der Waals surface area (Å²) >= 11 is 1.63. The molecule has 5 heteroatoms. The van der Waals surface area contributed by atoms with E-state index in [1.54, 1.807) is 11.3 Å². The second-order valence-corrected chi connectivity index (χ2v) is 4.00. The van der Waals surface area contributed by atoms with Gasteiger partial charge in [-0.3, -0.25) is 4.79 Å². The molecule has 84 valence electrons. The first-order valence-corrected chi connectivity index (χ1v) is 5.65. The number of methoxy groups -OCH3 is 1. The summed E-state index contributed by atoms with van der Waals surface area (Å²) in [5.74, 6) is -0.161. The predicted octanol–water partition coefficient (Wildman–Crippen LogP) is 0.646. The number of carbonyl (C=O) groups is 1. The Morgan fingerprint density at radius 1 is 1.67 bits per heavy atom.